The average Bonchev–Trinajstić information content (AvgIpc) is 2.41. The zero-order valence-corrected chi connectivity index (χ0v) is 14.8. The maximum atomic E-state index is 11.1. The van der Waals surface area contributed by atoms with E-state index in [4.69, 9.17) is 0 Å². The summed E-state index contributed by atoms with van der Waals surface area (Å²) in [5.41, 5.74) is 1.71. The molecule has 0 saturated carbocycles. The summed E-state index contributed by atoms with van der Waals surface area (Å²) in [6.45, 7) is 5.71. The minimum atomic E-state index is -1.36. The van der Waals surface area contributed by atoms with Crippen LogP contribution in [0.4, 0.5) is 0 Å². The van der Waals surface area contributed by atoms with Crippen LogP contribution in [0.15, 0.2) is 42.5 Å². The summed E-state index contributed by atoms with van der Waals surface area (Å²) in [6.07, 6.45) is 0. The first-order chi connectivity index (χ1) is 9.34. The molecule has 0 aliphatic heterocycles. The van der Waals surface area contributed by atoms with Crippen molar-refractivity contribution in [1.29, 1.82) is 0 Å². The normalized spacial score (nSPS) is 10.8. The Bertz CT molecular complexity index is 649. The van der Waals surface area contributed by atoms with E-state index in [1.165, 1.54) is 6.07 Å². The number of aromatic carboxylic acids is 1. The van der Waals surface area contributed by atoms with Crippen LogP contribution in [0.5, 0.6) is 5.75 Å². The molecule has 0 spiro atoms. The van der Waals surface area contributed by atoms with Gasteiger partial charge in [-0.25, -0.2) is 0 Å². The molecule has 0 bridgehead atoms. The van der Waals surface area contributed by atoms with Gasteiger partial charge < -0.3 is 15.0 Å². The van der Waals surface area contributed by atoms with Gasteiger partial charge in [-0.05, 0) is 24.1 Å². The second-order valence-electron chi connectivity index (χ2n) is 5.49. The largest absolute Gasteiger partial charge is 1.00 e. The van der Waals surface area contributed by atoms with Crippen molar-refractivity contribution in [1.82, 2.24) is 0 Å². The Kier molecular flexibility index (Phi) is 5.62. The maximum absolute atomic E-state index is 11.1. The molecule has 0 atom stereocenters. The van der Waals surface area contributed by atoms with Gasteiger partial charge in [-0.3, -0.25) is 0 Å². The number of aromatic hydroxyl groups is 1. The third-order valence-electron chi connectivity index (χ3n) is 3.64. The van der Waals surface area contributed by atoms with Crippen LogP contribution in [-0.2, 0) is 5.41 Å². The molecule has 0 aliphatic rings. The first-order valence-corrected chi connectivity index (χ1v) is 6.45. The molecule has 1 N–H and O–H groups in total. The quantitative estimate of drug-likeness (QED) is 0.768. The molecule has 4 heteroatoms. The average molecular weight is 292 g/mol. The van der Waals surface area contributed by atoms with Crippen molar-refractivity contribution < 1.29 is 44.6 Å². The summed E-state index contributed by atoms with van der Waals surface area (Å²) in [5.74, 6) is -1.58. The molecular formula is C17H17NaO3. The Morgan fingerprint density at radius 1 is 1.14 bits per heavy atom. The fourth-order valence-electron chi connectivity index (χ4n) is 2.42. The predicted molar refractivity (Wildman–Crippen MR) is 75.7 cm³/mol. The standard InChI is InChI=1S/C17H18O3.Na/c1-11-9-13(16(19)20)15(18)14(10-11)17(2,3)12-7-5-4-6-8-12;/h4-10,18H,1-3H3,(H,19,20);/q;+1/p-1. The molecule has 3 nitrogen and oxygen atoms in total. The molecule has 2 aromatic carbocycles. The van der Waals surface area contributed by atoms with Gasteiger partial charge in [-0.15, -0.1) is 0 Å². The monoisotopic (exact) mass is 292 g/mol. The van der Waals surface area contributed by atoms with Crippen molar-refractivity contribution in [3.8, 4) is 5.75 Å². The number of carboxylic acids is 1. The van der Waals surface area contributed by atoms with Crippen molar-refractivity contribution in [3.63, 3.8) is 0 Å². The zero-order valence-electron chi connectivity index (χ0n) is 12.8. The number of carbonyl (C=O) groups is 1. The third-order valence-corrected chi connectivity index (χ3v) is 3.64. The van der Waals surface area contributed by atoms with E-state index in [0.717, 1.165) is 11.1 Å². The Labute approximate surface area is 146 Å². The Morgan fingerprint density at radius 3 is 2.24 bits per heavy atom. The number of hydrogen-bond donors (Lipinski definition) is 1. The van der Waals surface area contributed by atoms with Crippen LogP contribution in [0.3, 0.4) is 0 Å². The first-order valence-electron chi connectivity index (χ1n) is 6.45. The molecule has 0 unspecified atom stereocenters. The van der Waals surface area contributed by atoms with E-state index in [9.17, 15) is 15.0 Å². The van der Waals surface area contributed by atoms with Crippen LogP contribution in [-0.4, -0.2) is 11.1 Å². The SMILES string of the molecule is Cc1cc(C(=O)[O-])c(O)c(C(C)(C)c2ccccc2)c1.[Na+]. The van der Waals surface area contributed by atoms with Crippen LogP contribution in [0.1, 0.15) is 40.9 Å². The smallest absolute Gasteiger partial charge is 0.545 e. The van der Waals surface area contributed by atoms with Gasteiger partial charge in [0.05, 0.1) is 5.97 Å². The summed E-state index contributed by atoms with van der Waals surface area (Å²) >= 11 is 0. The molecule has 0 radical (unpaired) electrons. The van der Waals surface area contributed by atoms with Crippen molar-refractivity contribution in [2.24, 2.45) is 0 Å². The van der Waals surface area contributed by atoms with Gasteiger partial charge in [0.15, 0.2) is 0 Å². The number of carbonyl (C=O) groups excluding carboxylic acids is 1. The summed E-state index contributed by atoms with van der Waals surface area (Å²) in [4.78, 5) is 11.1. The van der Waals surface area contributed by atoms with Crippen LogP contribution >= 0.6 is 0 Å². The molecule has 21 heavy (non-hydrogen) atoms. The van der Waals surface area contributed by atoms with Crippen molar-refractivity contribution in [2.45, 2.75) is 26.2 Å². The summed E-state index contributed by atoms with van der Waals surface area (Å²) in [6, 6.07) is 12.9. The number of carboxylic acid groups (broad SMARTS) is 1. The number of hydrogen-bond acceptors (Lipinski definition) is 3. The molecule has 0 heterocycles. The number of rotatable bonds is 3. The molecule has 0 saturated heterocycles. The second-order valence-corrected chi connectivity index (χ2v) is 5.49. The summed E-state index contributed by atoms with van der Waals surface area (Å²) in [7, 11) is 0. The molecule has 0 amide bonds. The van der Waals surface area contributed by atoms with Crippen LogP contribution < -0.4 is 34.7 Å². The first kappa shape index (κ1) is 17.8. The minimum Gasteiger partial charge on any atom is -0.545 e. The van der Waals surface area contributed by atoms with Gasteiger partial charge in [-0.1, -0.05) is 50.2 Å². The van der Waals surface area contributed by atoms with Gasteiger partial charge in [0, 0.05) is 16.5 Å². The molecule has 0 fully saturated rings. The molecule has 2 rings (SSSR count). The van der Waals surface area contributed by atoms with Crippen molar-refractivity contribution in [2.75, 3.05) is 0 Å². The summed E-state index contributed by atoms with van der Waals surface area (Å²) < 4.78 is 0. The maximum Gasteiger partial charge on any atom is 1.00 e. The Morgan fingerprint density at radius 2 is 1.71 bits per heavy atom. The van der Waals surface area contributed by atoms with Gasteiger partial charge in [0.1, 0.15) is 5.75 Å². The van der Waals surface area contributed by atoms with E-state index in [1.807, 2.05) is 50.2 Å². The molecule has 104 valence electrons. The fraction of sp³-hybridized carbons (Fsp3) is 0.235. The van der Waals surface area contributed by atoms with E-state index >= 15 is 0 Å². The number of phenols is 1. The van der Waals surface area contributed by atoms with Gasteiger partial charge in [0.25, 0.3) is 0 Å². The van der Waals surface area contributed by atoms with Crippen LogP contribution in [0.2, 0.25) is 0 Å². The van der Waals surface area contributed by atoms with Gasteiger partial charge >= 0.3 is 29.6 Å². The second kappa shape index (κ2) is 6.65. The number of benzene rings is 2. The predicted octanol–water partition coefficient (Wildman–Crippen LogP) is -0.606. The topological polar surface area (TPSA) is 60.4 Å². The Hall–Kier alpha value is -1.29. The van der Waals surface area contributed by atoms with Gasteiger partial charge in [0.2, 0.25) is 0 Å². The van der Waals surface area contributed by atoms with Gasteiger partial charge in [-0.2, -0.15) is 0 Å². The Balaban J connectivity index is 0.00000220. The zero-order chi connectivity index (χ0) is 14.9. The molecule has 2 aromatic rings. The van der Waals surface area contributed by atoms with E-state index in [1.54, 1.807) is 6.92 Å². The van der Waals surface area contributed by atoms with Crippen LogP contribution in [0, 0.1) is 6.92 Å². The molecule has 0 aromatic heterocycles. The third kappa shape index (κ3) is 3.49. The molecular weight excluding hydrogens is 275 g/mol. The van der Waals surface area contributed by atoms with Crippen LogP contribution in [0.25, 0.3) is 0 Å². The van der Waals surface area contributed by atoms with Crippen molar-refractivity contribution in [3.05, 3.63) is 64.7 Å². The summed E-state index contributed by atoms with van der Waals surface area (Å²) in [5, 5.41) is 21.4. The van der Waals surface area contributed by atoms with E-state index in [2.05, 4.69) is 0 Å². The molecule has 0 aliphatic carbocycles. The van der Waals surface area contributed by atoms with E-state index in [0.29, 0.717) is 5.56 Å². The van der Waals surface area contributed by atoms with E-state index in [-0.39, 0.29) is 40.9 Å². The van der Waals surface area contributed by atoms with Crippen molar-refractivity contribution >= 4 is 5.97 Å². The fourth-order valence-corrected chi connectivity index (χ4v) is 2.42. The van der Waals surface area contributed by atoms with E-state index < -0.39 is 11.4 Å². The minimum absolute atomic E-state index is 0. The number of aryl methyl sites for hydroxylation is 1.